The van der Waals surface area contributed by atoms with Crippen molar-refractivity contribution in [3.05, 3.63) is 0 Å². The van der Waals surface area contributed by atoms with E-state index in [-0.39, 0.29) is 6.04 Å². The second-order valence-corrected chi connectivity index (χ2v) is 8.40. The molecule has 0 bridgehead atoms. The third-order valence-corrected chi connectivity index (χ3v) is 7.13. The molecule has 3 unspecified atom stereocenters. The molecule has 3 rings (SSSR count). The maximum absolute atomic E-state index is 12.6. The molecule has 0 radical (unpaired) electrons. The van der Waals surface area contributed by atoms with Crippen LogP contribution in [-0.2, 0) is 10.0 Å². The highest BCUT2D eigenvalue weighted by Gasteiger charge is 2.42. The predicted molar refractivity (Wildman–Crippen MR) is 76.5 cm³/mol. The Hall–Kier alpha value is -0.130. The van der Waals surface area contributed by atoms with Crippen LogP contribution in [0, 0.1) is 5.92 Å². The lowest BCUT2D eigenvalue weighted by Gasteiger charge is -2.32. The molecule has 0 amide bonds. The second-order valence-electron chi connectivity index (χ2n) is 6.44. The fourth-order valence-electron chi connectivity index (χ4n) is 4.12. The van der Waals surface area contributed by atoms with Gasteiger partial charge in [0.05, 0.1) is 5.75 Å². The first-order chi connectivity index (χ1) is 9.17. The van der Waals surface area contributed by atoms with Crippen LogP contribution < -0.4 is 5.32 Å². The Bertz CT molecular complexity index is 404. The third-order valence-electron chi connectivity index (χ3n) is 5.14. The minimum absolute atomic E-state index is 0.182. The molecule has 3 aliphatic rings. The van der Waals surface area contributed by atoms with Crippen LogP contribution in [0.4, 0.5) is 0 Å². The average Bonchev–Trinajstić information content (AvgIpc) is 2.84. The van der Waals surface area contributed by atoms with Crippen molar-refractivity contribution in [2.75, 3.05) is 18.8 Å². The van der Waals surface area contributed by atoms with Crippen LogP contribution in [-0.4, -0.2) is 43.6 Å². The fourth-order valence-corrected chi connectivity index (χ4v) is 6.18. The maximum atomic E-state index is 12.6. The zero-order valence-electron chi connectivity index (χ0n) is 11.7. The molecule has 0 aromatic rings. The molecular weight excluding hydrogens is 260 g/mol. The van der Waals surface area contributed by atoms with E-state index in [1.807, 2.05) is 4.31 Å². The number of rotatable bonds is 3. The number of nitrogens with zero attached hydrogens (tertiary/aromatic N) is 1. The molecule has 1 aliphatic carbocycles. The Kier molecular flexibility index (Phi) is 4.15. The van der Waals surface area contributed by atoms with Gasteiger partial charge in [0.15, 0.2) is 0 Å². The highest BCUT2D eigenvalue weighted by Crippen LogP contribution is 2.37. The highest BCUT2D eigenvalue weighted by molar-refractivity contribution is 7.89. The van der Waals surface area contributed by atoms with Crippen LogP contribution in [0.2, 0.25) is 0 Å². The maximum Gasteiger partial charge on any atom is 0.215 e. The molecule has 1 saturated carbocycles. The lowest BCUT2D eigenvalue weighted by atomic mass is 9.86. The quantitative estimate of drug-likeness (QED) is 0.859. The van der Waals surface area contributed by atoms with Gasteiger partial charge in [-0.1, -0.05) is 19.3 Å². The van der Waals surface area contributed by atoms with Crippen molar-refractivity contribution < 1.29 is 8.42 Å². The van der Waals surface area contributed by atoms with Crippen LogP contribution in [0.1, 0.15) is 51.4 Å². The number of nitrogens with one attached hydrogen (secondary N) is 1. The average molecular weight is 286 g/mol. The van der Waals surface area contributed by atoms with Crippen LogP contribution >= 0.6 is 0 Å². The summed E-state index contributed by atoms with van der Waals surface area (Å²) in [4.78, 5) is 0. The normalized spacial score (nSPS) is 37.2. The molecule has 3 atom stereocenters. The molecule has 110 valence electrons. The molecule has 2 saturated heterocycles. The summed E-state index contributed by atoms with van der Waals surface area (Å²) in [7, 11) is -3.06. The largest absolute Gasteiger partial charge is 0.313 e. The van der Waals surface area contributed by atoms with Crippen LogP contribution in [0.25, 0.3) is 0 Å². The van der Waals surface area contributed by atoms with Crippen LogP contribution in [0.5, 0.6) is 0 Å². The van der Waals surface area contributed by atoms with E-state index in [0.29, 0.717) is 17.7 Å². The molecule has 4 nitrogen and oxygen atoms in total. The fraction of sp³-hybridized carbons (Fsp3) is 1.00. The molecular formula is C14H26N2O2S. The Morgan fingerprint density at radius 3 is 2.58 bits per heavy atom. The zero-order chi connectivity index (χ0) is 13.3. The number of sulfonamides is 1. The van der Waals surface area contributed by atoms with Gasteiger partial charge in [-0.2, -0.15) is 4.31 Å². The first-order valence-corrected chi connectivity index (χ1v) is 9.50. The first kappa shape index (κ1) is 13.8. The Morgan fingerprint density at radius 1 is 1.00 bits per heavy atom. The number of hydrogen-bond donors (Lipinski definition) is 1. The third kappa shape index (κ3) is 2.98. The Morgan fingerprint density at radius 2 is 1.79 bits per heavy atom. The van der Waals surface area contributed by atoms with Gasteiger partial charge in [-0.15, -0.1) is 0 Å². The molecule has 3 fully saturated rings. The monoisotopic (exact) mass is 286 g/mol. The van der Waals surface area contributed by atoms with Gasteiger partial charge < -0.3 is 5.32 Å². The van der Waals surface area contributed by atoms with E-state index in [2.05, 4.69) is 5.32 Å². The van der Waals surface area contributed by atoms with Gasteiger partial charge in [-0.25, -0.2) is 8.42 Å². The smallest absolute Gasteiger partial charge is 0.215 e. The molecule has 5 heteroatoms. The molecule has 1 N–H and O–H groups in total. The van der Waals surface area contributed by atoms with E-state index < -0.39 is 10.0 Å². The SMILES string of the molecule is O=S(=O)(CC1CCCCN1)N1CCC2CCCCC21. The number of hydrogen-bond acceptors (Lipinski definition) is 3. The molecule has 19 heavy (non-hydrogen) atoms. The van der Waals surface area contributed by atoms with Gasteiger partial charge in [-0.05, 0) is 44.6 Å². The zero-order valence-corrected chi connectivity index (χ0v) is 12.5. The van der Waals surface area contributed by atoms with Crippen molar-refractivity contribution in [1.29, 1.82) is 0 Å². The van der Waals surface area contributed by atoms with Gasteiger partial charge in [0.25, 0.3) is 0 Å². The summed E-state index contributed by atoms with van der Waals surface area (Å²) in [6, 6.07) is 0.503. The van der Waals surface area contributed by atoms with Gasteiger partial charge in [0.2, 0.25) is 10.0 Å². The van der Waals surface area contributed by atoms with Crippen LogP contribution in [0.3, 0.4) is 0 Å². The minimum atomic E-state index is -3.06. The van der Waals surface area contributed by atoms with E-state index in [0.717, 1.165) is 32.4 Å². The van der Waals surface area contributed by atoms with E-state index in [1.54, 1.807) is 0 Å². The van der Waals surface area contributed by atoms with E-state index in [9.17, 15) is 8.42 Å². The number of piperidine rings is 1. The van der Waals surface area contributed by atoms with Crippen molar-refractivity contribution in [2.24, 2.45) is 5.92 Å². The van der Waals surface area contributed by atoms with Gasteiger partial charge in [0, 0.05) is 18.6 Å². The summed E-state index contributed by atoms with van der Waals surface area (Å²) in [5.74, 6) is 0.957. The van der Waals surface area contributed by atoms with E-state index in [4.69, 9.17) is 0 Å². The summed E-state index contributed by atoms with van der Waals surface area (Å²) >= 11 is 0. The summed E-state index contributed by atoms with van der Waals surface area (Å²) in [6.45, 7) is 1.75. The van der Waals surface area contributed by atoms with Gasteiger partial charge in [-0.3, -0.25) is 0 Å². The first-order valence-electron chi connectivity index (χ1n) is 7.90. The van der Waals surface area contributed by atoms with Crippen molar-refractivity contribution in [3.63, 3.8) is 0 Å². The summed E-state index contributed by atoms with van der Waals surface area (Å²) in [5.41, 5.74) is 0. The van der Waals surface area contributed by atoms with E-state index >= 15 is 0 Å². The standard InChI is InChI=1S/C14H26N2O2S/c17-19(18,11-13-6-3-4-9-15-13)16-10-8-12-5-1-2-7-14(12)16/h12-15H,1-11H2. The van der Waals surface area contributed by atoms with Crippen LogP contribution in [0.15, 0.2) is 0 Å². The number of fused-ring (bicyclic) bond motifs is 1. The molecule has 0 aromatic heterocycles. The second kappa shape index (κ2) is 5.70. The van der Waals surface area contributed by atoms with Gasteiger partial charge >= 0.3 is 0 Å². The Labute approximate surface area is 117 Å². The topological polar surface area (TPSA) is 49.4 Å². The van der Waals surface area contributed by atoms with Crippen molar-refractivity contribution >= 4 is 10.0 Å². The summed E-state index contributed by atoms with van der Waals surface area (Å²) in [6.07, 6.45) is 9.27. The van der Waals surface area contributed by atoms with Crippen molar-refractivity contribution in [1.82, 2.24) is 9.62 Å². The van der Waals surface area contributed by atoms with Crippen molar-refractivity contribution in [2.45, 2.75) is 63.5 Å². The van der Waals surface area contributed by atoms with E-state index in [1.165, 1.54) is 32.1 Å². The molecule has 0 spiro atoms. The van der Waals surface area contributed by atoms with Gasteiger partial charge in [0.1, 0.15) is 0 Å². The highest BCUT2D eigenvalue weighted by atomic mass is 32.2. The minimum Gasteiger partial charge on any atom is -0.313 e. The predicted octanol–water partition coefficient (Wildman–Crippen LogP) is 1.72. The molecule has 2 aliphatic heterocycles. The summed E-state index contributed by atoms with van der Waals surface area (Å²) < 4.78 is 27.1. The van der Waals surface area contributed by atoms with Crippen molar-refractivity contribution in [3.8, 4) is 0 Å². The summed E-state index contributed by atoms with van der Waals surface area (Å²) in [5, 5.41) is 3.36. The Balaban J connectivity index is 1.66. The lowest BCUT2D eigenvalue weighted by Crippen LogP contribution is -2.46. The lowest BCUT2D eigenvalue weighted by molar-refractivity contribution is 0.259. The molecule has 0 aromatic carbocycles. The molecule has 2 heterocycles.